The Morgan fingerprint density at radius 3 is 2.29 bits per heavy atom. The molecule has 1 amide bonds. The second kappa shape index (κ2) is 8.35. The summed E-state index contributed by atoms with van der Waals surface area (Å²) in [4.78, 5) is 12.9. The van der Waals surface area contributed by atoms with Crippen LogP contribution in [0.1, 0.15) is 49.4 Å². The lowest BCUT2D eigenvalue weighted by molar-refractivity contribution is -0.122. The SMILES string of the molecule is C[C@H](NC(=O)[C@H](C)N(c1ccccc1)S(C)(=O)=O)c1ccc2c(c1)CCCC2. The van der Waals surface area contributed by atoms with Gasteiger partial charge in [-0.15, -0.1) is 0 Å². The molecule has 0 spiro atoms. The fraction of sp³-hybridized carbons (Fsp3) is 0.409. The van der Waals surface area contributed by atoms with Crippen molar-refractivity contribution in [2.45, 2.75) is 51.6 Å². The first-order valence-electron chi connectivity index (χ1n) is 9.74. The number of carbonyl (C=O) groups is 1. The van der Waals surface area contributed by atoms with Crippen LogP contribution in [0.2, 0.25) is 0 Å². The average molecular weight is 401 g/mol. The summed E-state index contributed by atoms with van der Waals surface area (Å²) in [6, 6.07) is 14.1. The summed E-state index contributed by atoms with van der Waals surface area (Å²) in [6.45, 7) is 3.55. The monoisotopic (exact) mass is 400 g/mol. The molecule has 2 aromatic carbocycles. The third-order valence-electron chi connectivity index (χ3n) is 5.33. The van der Waals surface area contributed by atoms with Gasteiger partial charge in [0.15, 0.2) is 0 Å². The van der Waals surface area contributed by atoms with Crippen molar-refractivity contribution in [3.63, 3.8) is 0 Å². The quantitative estimate of drug-likeness (QED) is 0.806. The fourth-order valence-corrected chi connectivity index (χ4v) is 5.00. The zero-order valence-corrected chi connectivity index (χ0v) is 17.5. The van der Waals surface area contributed by atoms with Gasteiger partial charge in [0.1, 0.15) is 6.04 Å². The van der Waals surface area contributed by atoms with Crippen molar-refractivity contribution in [3.8, 4) is 0 Å². The Hall–Kier alpha value is -2.34. The number of nitrogens with zero attached hydrogens (tertiary/aromatic N) is 1. The molecule has 0 aliphatic heterocycles. The molecule has 0 heterocycles. The molecule has 0 saturated heterocycles. The van der Waals surface area contributed by atoms with E-state index in [4.69, 9.17) is 0 Å². The lowest BCUT2D eigenvalue weighted by Crippen LogP contribution is -2.48. The predicted octanol–water partition coefficient (Wildman–Crippen LogP) is 3.60. The van der Waals surface area contributed by atoms with Gasteiger partial charge in [0.05, 0.1) is 18.0 Å². The number of sulfonamides is 1. The highest BCUT2D eigenvalue weighted by atomic mass is 32.2. The van der Waals surface area contributed by atoms with Crippen molar-refractivity contribution in [2.75, 3.05) is 10.6 Å². The molecule has 6 heteroatoms. The maximum absolute atomic E-state index is 12.9. The van der Waals surface area contributed by atoms with Gasteiger partial charge in [-0.05, 0) is 68.4 Å². The molecule has 2 atom stereocenters. The van der Waals surface area contributed by atoms with Gasteiger partial charge in [0.25, 0.3) is 0 Å². The normalized spacial score (nSPS) is 16.0. The number of hydrogen-bond acceptors (Lipinski definition) is 3. The first-order valence-corrected chi connectivity index (χ1v) is 11.6. The van der Waals surface area contributed by atoms with Gasteiger partial charge in [0.2, 0.25) is 15.9 Å². The number of para-hydroxylation sites is 1. The molecule has 0 fully saturated rings. The molecule has 0 saturated carbocycles. The Morgan fingerprint density at radius 1 is 1.00 bits per heavy atom. The third-order valence-corrected chi connectivity index (χ3v) is 6.57. The molecule has 0 unspecified atom stereocenters. The molecule has 0 bridgehead atoms. The van der Waals surface area contributed by atoms with E-state index in [1.165, 1.54) is 28.3 Å². The van der Waals surface area contributed by atoms with E-state index in [-0.39, 0.29) is 11.9 Å². The van der Waals surface area contributed by atoms with Crippen LogP contribution in [0.25, 0.3) is 0 Å². The Balaban J connectivity index is 1.77. The lowest BCUT2D eigenvalue weighted by atomic mass is 9.89. The van der Waals surface area contributed by atoms with Gasteiger partial charge >= 0.3 is 0 Å². The van der Waals surface area contributed by atoms with E-state index in [0.29, 0.717) is 5.69 Å². The zero-order chi connectivity index (χ0) is 20.3. The van der Waals surface area contributed by atoms with Crippen molar-refractivity contribution in [3.05, 3.63) is 65.2 Å². The smallest absolute Gasteiger partial charge is 0.244 e. The topological polar surface area (TPSA) is 66.5 Å². The van der Waals surface area contributed by atoms with Crippen LogP contribution >= 0.6 is 0 Å². The Kier molecular flexibility index (Phi) is 6.08. The number of aryl methyl sites for hydroxylation is 2. The summed E-state index contributed by atoms with van der Waals surface area (Å²) in [6.07, 6.45) is 5.76. The summed E-state index contributed by atoms with van der Waals surface area (Å²) in [7, 11) is -3.60. The van der Waals surface area contributed by atoms with Crippen LogP contribution in [0.5, 0.6) is 0 Å². The van der Waals surface area contributed by atoms with E-state index in [1.807, 2.05) is 13.0 Å². The molecule has 2 aromatic rings. The van der Waals surface area contributed by atoms with Crippen LogP contribution in [0, 0.1) is 0 Å². The fourth-order valence-electron chi connectivity index (χ4n) is 3.82. The molecule has 1 aliphatic carbocycles. The molecule has 3 rings (SSSR count). The molecular weight excluding hydrogens is 372 g/mol. The van der Waals surface area contributed by atoms with E-state index in [0.717, 1.165) is 24.7 Å². The average Bonchev–Trinajstić information content (AvgIpc) is 2.67. The molecule has 0 aromatic heterocycles. The minimum absolute atomic E-state index is 0.195. The Morgan fingerprint density at radius 2 is 1.64 bits per heavy atom. The number of carbonyl (C=O) groups excluding carboxylic acids is 1. The first kappa shape index (κ1) is 20.4. The van der Waals surface area contributed by atoms with Gasteiger partial charge in [-0.2, -0.15) is 0 Å². The van der Waals surface area contributed by atoms with Crippen molar-refractivity contribution in [2.24, 2.45) is 0 Å². The molecule has 150 valence electrons. The van der Waals surface area contributed by atoms with E-state index < -0.39 is 16.1 Å². The first-order chi connectivity index (χ1) is 13.3. The number of amides is 1. The van der Waals surface area contributed by atoms with Crippen molar-refractivity contribution < 1.29 is 13.2 Å². The molecule has 5 nitrogen and oxygen atoms in total. The Bertz CT molecular complexity index is 942. The summed E-state index contributed by atoms with van der Waals surface area (Å²) in [5, 5.41) is 2.98. The van der Waals surface area contributed by atoms with Crippen molar-refractivity contribution >= 4 is 21.6 Å². The summed E-state index contributed by atoms with van der Waals surface area (Å²) < 4.78 is 25.8. The second-order valence-electron chi connectivity index (χ2n) is 7.54. The van der Waals surface area contributed by atoms with Crippen LogP contribution in [-0.2, 0) is 27.7 Å². The highest BCUT2D eigenvalue weighted by molar-refractivity contribution is 7.92. The van der Waals surface area contributed by atoms with Gasteiger partial charge in [0, 0.05) is 0 Å². The van der Waals surface area contributed by atoms with Crippen LogP contribution < -0.4 is 9.62 Å². The van der Waals surface area contributed by atoms with Crippen molar-refractivity contribution in [1.82, 2.24) is 5.32 Å². The standard InChI is InChI=1S/C22H28N2O3S/c1-16(19-14-13-18-9-7-8-10-20(18)15-19)23-22(25)17(2)24(28(3,26)27)21-11-5-4-6-12-21/h4-6,11-17H,7-10H2,1-3H3,(H,23,25)/t16-,17-/m0/s1. The van der Waals surface area contributed by atoms with Crippen molar-refractivity contribution in [1.29, 1.82) is 0 Å². The minimum Gasteiger partial charge on any atom is -0.348 e. The third kappa shape index (κ3) is 4.55. The highest BCUT2D eigenvalue weighted by Gasteiger charge is 2.29. The van der Waals surface area contributed by atoms with E-state index in [9.17, 15) is 13.2 Å². The van der Waals surface area contributed by atoms with Crippen LogP contribution in [0.4, 0.5) is 5.69 Å². The summed E-state index contributed by atoms with van der Waals surface area (Å²) >= 11 is 0. The lowest BCUT2D eigenvalue weighted by Gasteiger charge is -2.29. The van der Waals surface area contributed by atoms with E-state index in [1.54, 1.807) is 31.2 Å². The maximum Gasteiger partial charge on any atom is 0.244 e. The second-order valence-corrected chi connectivity index (χ2v) is 9.40. The van der Waals surface area contributed by atoms with Gasteiger partial charge in [-0.25, -0.2) is 8.42 Å². The molecule has 0 radical (unpaired) electrons. The highest BCUT2D eigenvalue weighted by Crippen LogP contribution is 2.25. The van der Waals surface area contributed by atoms with E-state index in [2.05, 4.69) is 23.5 Å². The summed E-state index contributed by atoms with van der Waals surface area (Å²) in [5.41, 5.74) is 4.29. The Labute approximate surface area is 167 Å². The number of benzene rings is 2. The maximum atomic E-state index is 12.9. The number of anilines is 1. The predicted molar refractivity (Wildman–Crippen MR) is 113 cm³/mol. The zero-order valence-electron chi connectivity index (χ0n) is 16.7. The molecular formula is C22H28N2O3S. The van der Waals surface area contributed by atoms with Crippen LogP contribution in [0.15, 0.2) is 48.5 Å². The number of fused-ring (bicyclic) bond motifs is 1. The van der Waals surface area contributed by atoms with Crippen LogP contribution in [-0.4, -0.2) is 26.6 Å². The molecule has 28 heavy (non-hydrogen) atoms. The van der Waals surface area contributed by atoms with Gasteiger partial charge in [-0.1, -0.05) is 36.4 Å². The number of rotatable bonds is 6. The molecule has 1 aliphatic rings. The number of nitrogens with one attached hydrogen (secondary N) is 1. The van der Waals surface area contributed by atoms with Gasteiger partial charge < -0.3 is 5.32 Å². The minimum atomic E-state index is -3.60. The van der Waals surface area contributed by atoms with E-state index >= 15 is 0 Å². The largest absolute Gasteiger partial charge is 0.348 e. The summed E-state index contributed by atoms with van der Waals surface area (Å²) in [5.74, 6) is -0.320. The number of hydrogen-bond donors (Lipinski definition) is 1. The van der Waals surface area contributed by atoms with Gasteiger partial charge in [-0.3, -0.25) is 9.10 Å². The van der Waals surface area contributed by atoms with Crippen LogP contribution in [0.3, 0.4) is 0 Å². The molecule has 1 N–H and O–H groups in total.